The molecule has 0 aliphatic carbocycles. The zero-order valence-electron chi connectivity index (χ0n) is 32.0. The van der Waals surface area contributed by atoms with Crippen LogP contribution in [0.15, 0.2) is 72.8 Å². The van der Waals surface area contributed by atoms with E-state index in [4.69, 9.17) is 0 Å². The largest absolute Gasteiger partial charge is 0.508 e. The van der Waals surface area contributed by atoms with Crippen molar-refractivity contribution in [3.05, 3.63) is 117 Å². The molecule has 0 atom stereocenters. The molecule has 49 heavy (non-hydrogen) atoms. The van der Waals surface area contributed by atoms with Crippen molar-refractivity contribution in [3.8, 4) is 23.0 Å². The monoisotopic (exact) mass is 664 g/mol. The molecule has 4 heteroatoms. The first-order valence-electron chi connectivity index (χ1n) is 17.8. The van der Waals surface area contributed by atoms with Crippen molar-refractivity contribution < 1.29 is 20.4 Å². The van der Waals surface area contributed by atoms with Crippen LogP contribution < -0.4 is 0 Å². The molecule has 0 spiro atoms. The molecule has 0 fully saturated rings. The fraction of sp³-hybridized carbons (Fsp3) is 0.467. The molecule has 264 valence electrons. The molecule has 4 rings (SSSR count). The molecule has 0 heterocycles. The third-order valence-corrected chi connectivity index (χ3v) is 9.91. The Bertz CT molecular complexity index is 1510. The van der Waals surface area contributed by atoms with Gasteiger partial charge >= 0.3 is 0 Å². The highest BCUT2D eigenvalue weighted by molar-refractivity contribution is 5.49. The van der Waals surface area contributed by atoms with E-state index in [1.165, 1.54) is 0 Å². The second kappa shape index (κ2) is 13.8. The molecule has 0 radical (unpaired) electrons. The van der Waals surface area contributed by atoms with Gasteiger partial charge in [-0.3, -0.25) is 0 Å². The van der Waals surface area contributed by atoms with Crippen molar-refractivity contribution in [3.63, 3.8) is 0 Å². The van der Waals surface area contributed by atoms with Gasteiger partial charge < -0.3 is 20.4 Å². The third-order valence-electron chi connectivity index (χ3n) is 9.91. The lowest BCUT2D eigenvalue weighted by atomic mass is 9.77. The van der Waals surface area contributed by atoms with Crippen molar-refractivity contribution in [1.29, 1.82) is 0 Å². The average molecular weight is 665 g/mol. The average Bonchev–Trinajstić information content (AvgIpc) is 2.97. The summed E-state index contributed by atoms with van der Waals surface area (Å²) >= 11 is 0. The number of hydrogen-bond donors (Lipinski definition) is 4. The Morgan fingerprint density at radius 1 is 0.367 bits per heavy atom. The molecule has 0 aliphatic heterocycles. The van der Waals surface area contributed by atoms with E-state index in [-0.39, 0.29) is 33.5 Å². The summed E-state index contributed by atoms with van der Waals surface area (Å²) in [5.41, 5.74) is 7.33. The number of rotatable bonds is 8. The quantitative estimate of drug-likeness (QED) is 0.151. The number of hydrogen-bond acceptors (Lipinski definition) is 4. The minimum absolute atomic E-state index is 0.0407. The van der Waals surface area contributed by atoms with Crippen LogP contribution in [-0.2, 0) is 21.7 Å². The Kier molecular flexibility index (Phi) is 10.6. The van der Waals surface area contributed by atoms with E-state index in [2.05, 4.69) is 107 Å². The van der Waals surface area contributed by atoms with Crippen LogP contribution in [-0.4, -0.2) is 20.4 Å². The van der Waals surface area contributed by atoms with Gasteiger partial charge in [0.25, 0.3) is 0 Å². The van der Waals surface area contributed by atoms with Gasteiger partial charge in [0.15, 0.2) is 0 Å². The Labute approximate surface area is 295 Å². The van der Waals surface area contributed by atoms with Crippen molar-refractivity contribution in [2.75, 3.05) is 0 Å². The number of aromatic hydroxyl groups is 4. The lowest BCUT2D eigenvalue weighted by Gasteiger charge is -2.28. The van der Waals surface area contributed by atoms with Gasteiger partial charge in [-0.25, -0.2) is 0 Å². The van der Waals surface area contributed by atoms with Crippen molar-refractivity contribution in [2.24, 2.45) is 0 Å². The predicted molar refractivity (Wildman–Crippen MR) is 205 cm³/mol. The van der Waals surface area contributed by atoms with E-state index in [0.717, 1.165) is 63.8 Å². The van der Waals surface area contributed by atoms with Crippen LogP contribution in [0.3, 0.4) is 0 Å². The maximum atomic E-state index is 10.8. The number of phenolic OH excluding ortho intramolecular Hbond substituents is 4. The Morgan fingerprint density at radius 3 is 0.755 bits per heavy atom. The molecule has 0 aliphatic rings. The normalized spacial score (nSPS) is 13.0. The maximum Gasteiger partial charge on any atom is 0.119 e. The SMILES string of the molecule is CC(C)(C)c1cc(C(CCCC(c2ccc(O)c(C(C)(C)C)c2)c2ccc(O)c(C(C)(C)C)c2)c2ccc(O)c(C(C)(C)C)c2)ccc1O. The topological polar surface area (TPSA) is 80.9 Å². The molecule has 0 amide bonds. The van der Waals surface area contributed by atoms with Crippen LogP contribution in [0.1, 0.15) is 159 Å². The van der Waals surface area contributed by atoms with Crippen LogP contribution in [0.4, 0.5) is 0 Å². The van der Waals surface area contributed by atoms with Gasteiger partial charge in [0.05, 0.1) is 0 Å². The van der Waals surface area contributed by atoms with E-state index in [9.17, 15) is 20.4 Å². The molecule has 4 N–H and O–H groups in total. The highest BCUT2D eigenvalue weighted by Gasteiger charge is 2.27. The summed E-state index contributed by atoms with van der Waals surface area (Å²) in [6.45, 7) is 25.5. The molecular formula is C45H60O4. The van der Waals surface area contributed by atoms with Gasteiger partial charge in [0, 0.05) is 11.8 Å². The van der Waals surface area contributed by atoms with Gasteiger partial charge in [0.2, 0.25) is 0 Å². The summed E-state index contributed by atoms with van der Waals surface area (Å²) in [6, 6.07) is 24.1. The molecular weight excluding hydrogens is 604 g/mol. The van der Waals surface area contributed by atoms with Gasteiger partial charge in [-0.15, -0.1) is 0 Å². The number of phenols is 4. The summed E-state index contributed by atoms with van der Waals surface area (Å²) in [7, 11) is 0. The Hall–Kier alpha value is -3.92. The maximum absolute atomic E-state index is 10.8. The summed E-state index contributed by atoms with van der Waals surface area (Å²) in [4.78, 5) is 0. The first-order chi connectivity index (χ1) is 22.5. The summed E-state index contributed by atoms with van der Waals surface area (Å²) < 4.78 is 0. The van der Waals surface area contributed by atoms with E-state index < -0.39 is 0 Å². The molecule has 0 saturated heterocycles. The van der Waals surface area contributed by atoms with Gasteiger partial charge in [-0.1, -0.05) is 138 Å². The molecule has 4 aromatic carbocycles. The zero-order chi connectivity index (χ0) is 36.7. The lowest BCUT2D eigenvalue weighted by Crippen LogP contribution is -2.15. The molecule has 0 aromatic heterocycles. The molecule has 4 nitrogen and oxygen atoms in total. The minimum atomic E-state index is -0.228. The van der Waals surface area contributed by atoms with Crippen LogP contribution in [0.2, 0.25) is 0 Å². The van der Waals surface area contributed by atoms with Crippen LogP contribution in [0, 0.1) is 0 Å². The molecule has 4 aromatic rings. The Balaban J connectivity index is 1.82. The van der Waals surface area contributed by atoms with Gasteiger partial charge in [-0.05, 0) is 103 Å². The minimum Gasteiger partial charge on any atom is -0.508 e. The molecule has 0 bridgehead atoms. The summed E-state index contributed by atoms with van der Waals surface area (Å²) in [5, 5.41) is 43.4. The Morgan fingerprint density at radius 2 is 0.571 bits per heavy atom. The van der Waals surface area contributed by atoms with Gasteiger partial charge in [-0.2, -0.15) is 0 Å². The summed E-state index contributed by atoms with van der Waals surface area (Å²) in [6.07, 6.45) is 2.60. The summed E-state index contributed by atoms with van der Waals surface area (Å²) in [5.74, 6) is 1.30. The highest BCUT2D eigenvalue weighted by Crippen LogP contribution is 2.43. The van der Waals surface area contributed by atoms with E-state index >= 15 is 0 Å². The number of benzene rings is 4. The van der Waals surface area contributed by atoms with E-state index in [1.807, 2.05) is 48.5 Å². The van der Waals surface area contributed by atoms with E-state index in [1.54, 1.807) is 0 Å². The molecule has 0 unspecified atom stereocenters. The standard InChI is InChI=1S/C45H60O4/c1-42(2,3)34-24-28(16-20-38(34)46)32(29-17-21-39(47)35(25-29)43(4,5)6)14-13-15-33(30-18-22-40(48)36(26-30)44(7,8)9)31-19-23-41(49)37(27-31)45(10,11)12/h16-27,32-33,46-49H,13-15H2,1-12H3. The van der Waals surface area contributed by atoms with Gasteiger partial charge in [0.1, 0.15) is 23.0 Å². The van der Waals surface area contributed by atoms with Crippen LogP contribution in [0.5, 0.6) is 23.0 Å². The van der Waals surface area contributed by atoms with Crippen LogP contribution in [0.25, 0.3) is 0 Å². The second-order valence-electron chi connectivity index (χ2n) is 18.1. The predicted octanol–water partition coefficient (Wildman–Crippen LogP) is 11.8. The van der Waals surface area contributed by atoms with E-state index in [0.29, 0.717) is 23.0 Å². The lowest BCUT2D eigenvalue weighted by molar-refractivity contribution is 0.444. The molecule has 0 saturated carbocycles. The van der Waals surface area contributed by atoms with Crippen molar-refractivity contribution in [1.82, 2.24) is 0 Å². The first kappa shape index (κ1) is 37.9. The second-order valence-corrected chi connectivity index (χ2v) is 18.1. The first-order valence-corrected chi connectivity index (χ1v) is 17.8. The smallest absolute Gasteiger partial charge is 0.119 e. The third kappa shape index (κ3) is 8.82. The zero-order valence-corrected chi connectivity index (χ0v) is 32.0. The fourth-order valence-corrected chi connectivity index (χ4v) is 7.06. The highest BCUT2D eigenvalue weighted by atomic mass is 16.3. The van der Waals surface area contributed by atoms with Crippen LogP contribution >= 0.6 is 0 Å². The van der Waals surface area contributed by atoms with Crippen molar-refractivity contribution >= 4 is 0 Å². The fourth-order valence-electron chi connectivity index (χ4n) is 7.06. The van der Waals surface area contributed by atoms with Crippen molar-refractivity contribution in [2.45, 2.75) is 136 Å².